The fourth-order valence-corrected chi connectivity index (χ4v) is 2.05. The Balaban J connectivity index is 2.17. The highest BCUT2D eigenvalue weighted by Crippen LogP contribution is 2.25. The number of ether oxygens (including phenoxy) is 1. The number of ketones is 1. The zero-order valence-electron chi connectivity index (χ0n) is 12.1. The van der Waals surface area contributed by atoms with E-state index in [1.165, 1.54) is 24.3 Å². The monoisotopic (exact) mass is 333 g/mol. The normalized spacial score (nSPS) is 10.2. The summed E-state index contributed by atoms with van der Waals surface area (Å²) in [5.41, 5.74) is 0.161. The van der Waals surface area contributed by atoms with Crippen LogP contribution < -0.4 is 4.74 Å². The van der Waals surface area contributed by atoms with Crippen molar-refractivity contribution in [3.63, 3.8) is 0 Å². The Morgan fingerprint density at radius 1 is 1.13 bits per heavy atom. The molecule has 0 saturated heterocycles. The van der Waals surface area contributed by atoms with Gasteiger partial charge < -0.3 is 4.74 Å². The summed E-state index contributed by atoms with van der Waals surface area (Å²) in [5.74, 6) is -0.532. The molecule has 0 bridgehead atoms. The van der Waals surface area contributed by atoms with Gasteiger partial charge in [-0.25, -0.2) is 4.79 Å². The first-order valence-electron chi connectivity index (χ1n) is 6.71. The minimum Gasteiger partial charge on any atom is -0.423 e. The van der Waals surface area contributed by atoms with Gasteiger partial charge in [-0.2, -0.15) is 0 Å². The van der Waals surface area contributed by atoms with Crippen molar-refractivity contribution in [2.45, 2.75) is 13.3 Å². The number of nitro groups is 1. The van der Waals surface area contributed by atoms with Gasteiger partial charge in [-0.3, -0.25) is 14.9 Å². The van der Waals surface area contributed by atoms with Gasteiger partial charge in [0.25, 0.3) is 5.69 Å². The largest absolute Gasteiger partial charge is 0.423 e. The number of benzene rings is 2. The Hall–Kier alpha value is -2.73. The van der Waals surface area contributed by atoms with Gasteiger partial charge in [0.2, 0.25) is 0 Å². The lowest BCUT2D eigenvalue weighted by Crippen LogP contribution is -2.09. The first-order valence-corrected chi connectivity index (χ1v) is 7.09. The third-order valence-electron chi connectivity index (χ3n) is 3.09. The Labute approximate surface area is 136 Å². The molecule has 0 radical (unpaired) electrons. The molecule has 23 heavy (non-hydrogen) atoms. The van der Waals surface area contributed by atoms with Crippen LogP contribution in [0, 0.1) is 10.1 Å². The first kappa shape index (κ1) is 16.6. The SMILES string of the molecule is CCC(=O)c1ccc(OC(=O)c2ccc(Cl)c([N+](=O)[O-])c2)cc1. The van der Waals surface area contributed by atoms with Crippen molar-refractivity contribution in [3.8, 4) is 5.75 Å². The molecule has 7 heteroatoms. The molecule has 2 rings (SSSR count). The zero-order valence-corrected chi connectivity index (χ0v) is 12.9. The van der Waals surface area contributed by atoms with E-state index < -0.39 is 10.9 Å². The van der Waals surface area contributed by atoms with E-state index in [-0.39, 0.29) is 27.8 Å². The average molecular weight is 334 g/mol. The number of hydrogen-bond acceptors (Lipinski definition) is 5. The first-order chi connectivity index (χ1) is 10.9. The standard InChI is InChI=1S/C16H12ClNO5/c1-2-15(19)10-3-6-12(7-4-10)23-16(20)11-5-8-13(17)14(9-11)18(21)22/h3-9H,2H2,1H3. The maximum Gasteiger partial charge on any atom is 0.343 e. The number of carbonyl (C=O) groups excluding carboxylic acids is 2. The van der Waals surface area contributed by atoms with Gasteiger partial charge in [0, 0.05) is 18.1 Å². The Kier molecular flexibility index (Phi) is 5.08. The smallest absolute Gasteiger partial charge is 0.343 e. The lowest BCUT2D eigenvalue weighted by atomic mass is 10.1. The summed E-state index contributed by atoms with van der Waals surface area (Å²) < 4.78 is 5.13. The molecule has 0 spiro atoms. The summed E-state index contributed by atoms with van der Waals surface area (Å²) in [7, 11) is 0. The number of rotatable bonds is 5. The fourth-order valence-electron chi connectivity index (χ4n) is 1.86. The molecule has 2 aromatic carbocycles. The molecule has 0 aromatic heterocycles. The molecule has 0 saturated carbocycles. The summed E-state index contributed by atoms with van der Waals surface area (Å²) in [6.45, 7) is 1.75. The molecule has 0 aliphatic heterocycles. The van der Waals surface area contributed by atoms with Crippen molar-refractivity contribution in [1.82, 2.24) is 0 Å². The van der Waals surface area contributed by atoms with Gasteiger partial charge in [-0.05, 0) is 36.4 Å². The predicted molar refractivity (Wildman–Crippen MR) is 84.1 cm³/mol. The van der Waals surface area contributed by atoms with E-state index in [0.717, 1.165) is 6.07 Å². The van der Waals surface area contributed by atoms with E-state index in [9.17, 15) is 19.7 Å². The lowest BCUT2D eigenvalue weighted by molar-refractivity contribution is -0.384. The predicted octanol–water partition coefficient (Wildman–Crippen LogP) is 4.06. The van der Waals surface area contributed by atoms with E-state index >= 15 is 0 Å². The third-order valence-corrected chi connectivity index (χ3v) is 3.41. The number of halogens is 1. The van der Waals surface area contributed by atoms with Crippen molar-refractivity contribution >= 4 is 29.0 Å². The summed E-state index contributed by atoms with van der Waals surface area (Å²) in [6.07, 6.45) is 0.383. The average Bonchev–Trinajstić information content (AvgIpc) is 2.54. The number of nitrogens with zero attached hydrogens (tertiary/aromatic N) is 1. The number of Topliss-reactive ketones (excluding diaryl/α,β-unsaturated/α-hetero) is 1. The quantitative estimate of drug-likeness (QED) is 0.271. The van der Waals surface area contributed by atoms with E-state index in [4.69, 9.17) is 16.3 Å². The second-order valence-corrected chi connectivity index (χ2v) is 5.02. The number of esters is 1. The maximum absolute atomic E-state index is 12.0. The van der Waals surface area contributed by atoms with E-state index in [0.29, 0.717) is 12.0 Å². The highest BCUT2D eigenvalue weighted by atomic mass is 35.5. The minimum atomic E-state index is -0.751. The molecule has 0 fully saturated rings. The molecule has 0 amide bonds. The molecule has 0 heterocycles. The number of nitro benzene ring substituents is 1. The number of hydrogen-bond donors (Lipinski definition) is 0. The van der Waals surface area contributed by atoms with Crippen LogP contribution in [-0.2, 0) is 0 Å². The van der Waals surface area contributed by atoms with Gasteiger partial charge in [0.15, 0.2) is 5.78 Å². The summed E-state index contributed by atoms with van der Waals surface area (Å²) >= 11 is 5.69. The molecule has 118 valence electrons. The van der Waals surface area contributed by atoms with Crippen LogP contribution in [0.5, 0.6) is 5.75 Å². The van der Waals surface area contributed by atoms with Crippen LogP contribution >= 0.6 is 11.6 Å². The second kappa shape index (κ2) is 7.02. The van der Waals surface area contributed by atoms with Crippen molar-refractivity contribution in [3.05, 3.63) is 68.7 Å². The van der Waals surface area contributed by atoms with E-state index in [1.807, 2.05) is 0 Å². The van der Waals surface area contributed by atoms with Crippen LogP contribution in [-0.4, -0.2) is 16.7 Å². The Morgan fingerprint density at radius 3 is 2.30 bits per heavy atom. The lowest BCUT2D eigenvalue weighted by Gasteiger charge is -2.05. The Morgan fingerprint density at radius 2 is 1.74 bits per heavy atom. The molecule has 0 atom stereocenters. The van der Waals surface area contributed by atoms with Gasteiger partial charge in [-0.15, -0.1) is 0 Å². The molecule has 0 aliphatic rings. The van der Waals surface area contributed by atoms with E-state index in [1.54, 1.807) is 19.1 Å². The minimum absolute atomic E-state index is 0.00908. The van der Waals surface area contributed by atoms with Crippen molar-refractivity contribution in [2.24, 2.45) is 0 Å². The zero-order chi connectivity index (χ0) is 17.0. The van der Waals surface area contributed by atoms with Crippen LogP contribution in [0.4, 0.5) is 5.69 Å². The van der Waals surface area contributed by atoms with Crippen molar-refractivity contribution in [1.29, 1.82) is 0 Å². The third kappa shape index (κ3) is 3.92. The molecule has 2 aromatic rings. The highest BCUT2D eigenvalue weighted by molar-refractivity contribution is 6.32. The van der Waals surface area contributed by atoms with Gasteiger partial charge in [0.1, 0.15) is 10.8 Å². The van der Waals surface area contributed by atoms with Gasteiger partial charge in [0.05, 0.1) is 10.5 Å². The molecule has 0 unspecified atom stereocenters. The molecule has 0 N–H and O–H groups in total. The molecular formula is C16H12ClNO5. The van der Waals surface area contributed by atoms with Crippen LogP contribution in [0.15, 0.2) is 42.5 Å². The molecule has 0 aliphatic carbocycles. The van der Waals surface area contributed by atoms with Gasteiger partial charge >= 0.3 is 5.97 Å². The van der Waals surface area contributed by atoms with Crippen molar-refractivity contribution < 1.29 is 19.2 Å². The van der Waals surface area contributed by atoms with Crippen LogP contribution in [0.2, 0.25) is 5.02 Å². The maximum atomic E-state index is 12.0. The van der Waals surface area contributed by atoms with Gasteiger partial charge in [-0.1, -0.05) is 18.5 Å². The summed E-state index contributed by atoms with van der Waals surface area (Å²) in [4.78, 5) is 33.7. The number of carbonyl (C=O) groups is 2. The summed E-state index contributed by atoms with van der Waals surface area (Å²) in [6, 6.07) is 9.75. The van der Waals surface area contributed by atoms with Crippen molar-refractivity contribution in [2.75, 3.05) is 0 Å². The van der Waals surface area contributed by atoms with Crippen LogP contribution in [0.3, 0.4) is 0 Å². The summed E-state index contributed by atoms with van der Waals surface area (Å²) in [5, 5.41) is 10.8. The second-order valence-electron chi connectivity index (χ2n) is 4.61. The fraction of sp³-hybridized carbons (Fsp3) is 0.125. The topological polar surface area (TPSA) is 86.5 Å². The van der Waals surface area contributed by atoms with Crippen LogP contribution in [0.1, 0.15) is 34.1 Å². The van der Waals surface area contributed by atoms with E-state index in [2.05, 4.69) is 0 Å². The molecule has 6 nitrogen and oxygen atoms in total. The van der Waals surface area contributed by atoms with Crippen LogP contribution in [0.25, 0.3) is 0 Å². The highest BCUT2D eigenvalue weighted by Gasteiger charge is 2.17. The Bertz CT molecular complexity index is 771. The molecular weight excluding hydrogens is 322 g/mol.